The molecule has 0 N–H and O–H groups in total. The Morgan fingerprint density at radius 2 is 1.15 bits per heavy atom. The van der Waals surface area contributed by atoms with Crippen molar-refractivity contribution in [3.05, 3.63) is 70.9 Å². The van der Waals surface area contributed by atoms with Crippen molar-refractivity contribution in [2.24, 2.45) is 22.7 Å². The highest BCUT2D eigenvalue weighted by Crippen LogP contribution is 2.69. The fraction of sp³-hybridized carbons (Fsp3) is 0.533. The van der Waals surface area contributed by atoms with Crippen molar-refractivity contribution in [2.45, 2.75) is 77.4 Å². The third-order valence-electron chi connectivity index (χ3n) is 10.1. The number of hydrogen-bond donors (Lipinski definition) is 0. The molecule has 0 bridgehead atoms. The van der Waals surface area contributed by atoms with Crippen molar-refractivity contribution < 1.29 is 19.1 Å². The summed E-state index contributed by atoms with van der Waals surface area (Å²) in [6.45, 7) is 17.0. The predicted octanol–water partition coefficient (Wildman–Crippen LogP) is 6.08. The van der Waals surface area contributed by atoms with E-state index in [4.69, 9.17) is 9.47 Å². The van der Waals surface area contributed by atoms with Crippen molar-refractivity contribution in [3.8, 4) is 0 Å². The Balaban J connectivity index is 1.59. The molecular formula is C30H34O4. The zero-order chi connectivity index (χ0) is 24.3. The van der Waals surface area contributed by atoms with E-state index in [0.29, 0.717) is 36.8 Å². The van der Waals surface area contributed by atoms with Crippen LogP contribution in [0.5, 0.6) is 0 Å². The molecule has 0 aromatic carbocycles. The van der Waals surface area contributed by atoms with Gasteiger partial charge in [-0.25, -0.2) is 9.59 Å². The van der Waals surface area contributed by atoms with Crippen LogP contribution in [-0.2, 0) is 19.1 Å². The first kappa shape index (κ1) is 21.9. The molecule has 0 aromatic heterocycles. The standard InChI is InChI=1S/C30H34O4/c1-17-9-7-11-27(5)15-29(23(13-21(17)27)19(3)25(31)33-29)30-16-28(6)12-8-10-18(2)22(28)14-24(30)20(4)26(32)34-30/h7-8,11-12,21-22H,1-2,9-10,13-16H2,3-6H3. The summed E-state index contributed by atoms with van der Waals surface area (Å²) in [4.78, 5) is 26.5. The molecule has 6 aliphatic rings. The second-order valence-corrected chi connectivity index (χ2v) is 12.0. The molecule has 0 saturated heterocycles. The van der Waals surface area contributed by atoms with Crippen LogP contribution in [0.25, 0.3) is 0 Å². The lowest BCUT2D eigenvalue weighted by molar-refractivity contribution is -0.203. The highest BCUT2D eigenvalue weighted by Gasteiger charge is 2.73. The first-order valence-corrected chi connectivity index (χ1v) is 12.5. The molecule has 4 nitrogen and oxygen atoms in total. The fourth-order valence-corrected chi connectivity index (χ4v) is 8.31. The van der Waals surface area contributed by atoms with E-state index in [1.54, 1.807) is 0 Å². The molecule has 178 valence electrons. The number of esters is 2. The molecule has 2 fully saturated rings. The lowest BCUT2D eigenvalue weighted by Gasteiger charge is -2.60. The number of carbonyl (C=O) groups excluding carboxylic acids is 2. The Hall–Kier alpha value is -2.62. The van der Waals surface area contributed by atoms with Gasteiger partial charge in [0.2, 0.25) is 0 Å². The van der Waals surface area contributed by atoms with Crippen LogP contribution in [0, 0.1) is 22.7 Å². The Morgan fingerprint density at radius 3 is 1.53 bits per heavy atom. The lowest BCUT2D eigenvalue weighted by atomic mass is 9.47. The molecule has 0 aromatic rings. The average Bonchev–Trinajstić information content (AvgIpc) is 3.16. The largest absolute Gasteiger partial charge is 0.446 e. The van der Waals surface area contributed by atoms with E-state index < -0.39 is 11.2 Å². The Morgan fingerprint density at radius 1 is 0.765 bits per heavy atom. The molecule has 4 heteroatoms. The van der Waals surface area contributed by atoms with Crippen LogP contribution in [0.2, 0.25) is 0 Å². The minimum absolute atomic E-state index is 0.226. The van der Waals surface area contributed by atoms with Gasteiger partial charge in [0, 0.05) is 24.0 Å². The lowest BCUT2D eigenvalue weighted by Crippen LogP contribution is -2.65. The van der Waals surface area contributed by atoms with Crippen molar-refractivity contribution in [1.82, 2.24) is 0 Å². The van der Waals surface area contributed by atoms with E-state index >= 15 is 0 Å². The van der Waals surface area contributed by atoms with Crippen LogP contribution >= 0.6 is 0 Å². The SMILES string of the molecule is C=C1CC=CC2(C)CC3(C45CC6(C)C=CCC(=C)C6CC4=C(C)C(=O)O5)OC(=O)C(C)=C3CC12. The van der Waals surface area contributed by atoms with E-state index in [-0.39, 0.29) is 34.6 Å². The van der Waals surface area contributed by atoms with Crippen molar-refractivity contribution >= 4 is 11.9 Å². The smallest absolute Gasteiger partial charge is 0.334 e. The van der Waals surface area contributed by atoms with Gasteiger partial charge in [0.05, 0.1) is 0 Å². The summed E-state index contributed by atoms with van der Waals surface area (Å²) in [5.74, 6) is -0.0733. The van der Waals surface area contributed by atoms with Crippen molar-refractivity contribution in [2.75, 3.05) is 0 Å². The fourth-order valence-electron chi connectivity index (χ4n) is 8.31. The van der Waals surface area contributed by atoms with Gasteiger partial charge in [-0.3, -0.25) is 0 Å². The summed E-state index contributed by atoms with van der Waals surface area (Å²) in [7, 11) is 0. The van der Waals surface area contributed by atoms with Crippen LogP contribution in [0.1, 0.15) is 66.2 Å². The molecule has 2 aliphatic heterocycles. The number of ether oxygens (including phenoxy) is 2. The van der Waals surface area contributed by atoms with Gasteiger partial charge in [0.25, 0.3) is 0 Å². The van der Waals surface area contributed by atoms with Gasteiger partial charge in [-0.1, -0.05) is 62.5 Å². The number of carbonyl (C=O) groups is 2. The normalized spacial score (nSPS) is 45.1. The second-order valence-electron chi connectivity index (χ2n) is 12.0. The van der Waals surface area contributed by atoms with Gasteiger partial charge in [0.1, 0.15) is 0 Å². The topological polar surface area (TPSA) is 52.6 Å². The van der Waals surface area contributed by atoms with E-state index in [2.05, 4.69) is 51.3 Å². The van der Waals surface area contributed by atoms with Crippen LogP contribution < -0.4 is 0 Å². The number of rotatable bonds is 1. The third kappa shape index (κ3) is 2.44. The van der Waals surface area contributed by atoms with E-state index in [0.717, 1.165) is 24.0 Å². The van der Waals surface area contributed by atoms with Crippen LogP contribution in [0.15, 0.2) is 70.9 Å². The summed E-state index contributed by atoms with van der Waals surface area (Å²) in [6, 6.07) is 0. The Bertz CT molecular complexity index is 1120. The number of hydrogen-bond acceptors (Lipinski definition) is 4. The zero-order valence-electron chi connectivity index (χ0n) is 20.8. The van der Waals surface area contributed by atoms with Crippen LogP contribution in [-0.4, -0.2) is 23.1 Å². The molecular weight excluding hydrogens is 424 g/mol. The van der Waals surface area contributed by atoms with Crippen LogP contribution in [0.3, 0.4) is 0 Å². The highest BCUT2D eigenvalue weighted by molar-refractivity contribution is 5.96. The molecule has 6 atom stereocenters. The van der Waals surface area contributed by atoms with Crippen LogP contribution in [0.4, 0.5) is 0 Å². The van der Waals surface area contributed by atoms with E-state index in [9.17, 15) is 9.59 Å². The molecule has 6 unspecified atom stereocenters. The molecule has 2 heterocycles. The van der Waals surface area contributed by atoms with Gasteiger partial charge in [-0.2, -0.15) is 0 Å². The molecule has 34 heavy (non-hydrogen) atoms. The third-order valence-corrected chi connectivity index (χ3v) is 10.1. The molecule has 6 rings (SSSR count). The first-order valence-electron chi connectivity index (χ1n) is 12.5. The Kier molecular flexibility index (Phi) is 4.20. The summed E-state index contributed by atoms with van der Waals surface area (Å²) in [5.41, 5.74) is 3.34. The maximum absolute atomic E-state index is 13.2. The summed E-state index contributed by atoms with van der Waals surface area (Å²) < 4.78 is 12.9. The van der Waals surface area contributed by atoms with Crippen molar-refractivity contribution in [1.29, 1.82) is 0 Å². The van der Waals surface area contributed by atoms with Gasteiger partial charge in [0.15, 0.2) is 11.2 Å². The van der Waals surface area contributed by atoms with Gasteiger partial charge in [-0.05, 0) is 73.3 Å². The molecule has 2 saturated carbocycles. The minimum Gasteiger partial charge on any atom is -0.446 e. The maximum atomic E-state index is 13.2. The first-order chi connectivity index (χ1) is 16.0. The second kappa shape index (κ2) is 6.53. The van der Waals surface area contributed by atoms with Gasteiger partial charge >= 0.3 is 11.9 Å². The van der Waals surface area contributed by atoms with Gasteiger partial charge < -0.3 is 9.47 Å². The minimum atomic E-state index is -0.995. The number of allylic oxidation sites excluding steroid dienone is 6. The summed E-state index contributed by atoms with van der Waals surface area (Å²) in [5, 5.41) is 0. The quantitative estimate of drug-likeness (QED) is 0.353. The maximum Gasteiger partial charge on any atom is 0.334 e. The molecule has 0 amide bonds. The van der Waals surface area contributed by atoms with Crippen molar-refractivity contribution in [3.63, 3.8) is 0 Å². The summed E-state index contributed by atoms with van der Waals surface area (Å²) >= 11 is 0. The van der Waals surface area contributed by atoms with E-state index in [1.807, 2.05) is 13.8 Å². The average molecular weight is 459 g/mol. The number of fused-ring (bicyclic) bond motifs is 5. The molecule has 0 spiro atoms. The highest BCUT2D eigenvalue weighted by atomic mass is 16.6. The van der Waals surface area contributed by atoms with E-state index in [1.165, 1.54) is 11.1 Å². The summed E-state index contributed by atoms with van der Waals surface area (Å²) in [6.07, 6.45) is 13.3. The zero-order valence-corrected chi connectivity index (χ0v) is 20.8. The molecule has 4 aliphatic carbocycles. The Labute approximate surface area is 202 Å². The monoisotopic (exact) mass is 458 g/mol. The van der Waals surface area contributed by atoms with Gasteiger partial charge in [-0.15, -0.1) is 0 Å². The predicted molar refractivity (Wildman–Crippen MR) is 131 cm³/mol. The molecule has 0 radical (unpaired) electrons.